The molecule has 2 aromatic rings. The van der Waals surface area contributed by atoms with Gasteiger partial charge < -0.3 is 10.4 Å². The largest absolute Gasteiger partial charge is 0.481 e. The number of carbonyl (C=O) groups is 2. The summed E-state index contributed by atoms with van der Waals surface area (Å²) in [4.78, 5) is 22.0. The fourth-order valence-electron chi connectivity index (χ4n) is 1.79. The third-order valence-corrected chi connectivity index (χ3v) is 2.80. The molecule has 2 rings (SSSR count). The molecule has 110 valence electrons. The second kappa shape index (κ2) is 7.18. The Bertz CT molecular complexity index is 610. The number of carboxylic acids is 1. The smallest absolute Gasteiger partial charge is 0.303 e. The lowest BCUT2D eigenvalue weighted by Crippen LogP contribution is -2.28. The molecule has 0 radical (unpaired) electrons. The van der Waals surface area contributed by atoms with Crippen molar-refractivity contribution in [2.24, 2.45) is 0 Å². The molecule has 0 aliphatic carbocycles. The Hall–Kier alpha value is -2.70. The molecule has 0 bridgehead atoms. The first-order valence-corrected chi connectivity index (χ1v) is 6.59. The summed E-state index contributed by atoms with van der Waals surface area (Å²) < 4.78 is 1.45. The Kier molecular flexibility index (Phi) is 5.03. The zero-order valence-corrected chi connectivity index (χ0v) is 11.4. The molecule has 0 fully saturated rings. The van der Waals surface area contributed by atoms with Gasteiger partial charge >= 0.3 is 5.97 Å². The van der Waals surface area contributed by atoms with Gasteiger partial charge in [0.25, 0.3) is 0 Å². The lowest BCUT2D eigenvalue weighted by Gasteiger charge is -2.03. The van der Waals surface area contributed by atoms with E-state index >= 15 is 0 Å². The Morgan fingerprint density at radius 2 is 2.00 bits per heavy atom. The highest BCUT2D eigenvalue weighted by molar-refractivity contribution is 5.75. The van der Waals surface area contributed by atoms with E-state index in [2.05, 4.69) is 15.6 Å². The van der Waals surface area contributed by atoms with Crippen molar-refractivity contribution in [3.05, 3.63) is 36.5 Å². The monoisotopic (exact) mass is 288 g/mol. The first-order chi connectivity index (χ1) is 10.1. The molecule has 21 heavy (non-hydrogen) atoms. The Morgan fingerprint density at radius 1 is 1.24 bits per heavy atom. The van der Waals surface area contributed by atoms with E-state index in [1.54, 1.807) is 6.20 Å². The molecule has 7 nitrogen and oxygen atoms in total. The van der Waals surface area contributed by atoms with Gasteiger partial charge in [-0.25, -0.2) is 4.68 Å². The number of aromatic nitrogens is 3. The zero-order chi connectivity index (χ0) is 15.1. The maximum Gasteiger partial charge on any atom is 0.303 e. The minimum absolute atomic E-state index is 0.0434. The summed E-state index contributed by atoms with van der Waals surface area (Å²) in [5.74, 6) is -1.09. The van der Waals surface area contributed by atoms with Crippen molar-refractivity contribution < 1.29 is 14.7 Å². The molecule has 0 spiro atoms. The lowest BCUT2D eigenvalue weighted by molar-refractivity contribution is -0.137. The van der Waals surface area contributed by atoms with Crippen molar-refractivity contribution in [1.29, 1.82) is 0 Å². The Balaban J connectivity index is 1.82. The second-order valence-corrected chi connectivity index (χ2v) is 4.51. The van der Waals surface area contributed by atoms with Crippen molar-refractivity contribution in [2.75, 3.05) is 6.54 Å². The van der Waals surface area contributed by atoms with Crippen molar-refractivity contribution in [3.8, 4) is 11.3 Å². The summed E-state index contributed by atoms with van der Waals surface area (Å²) in [5, 5.41) is 19.0. The summed E-state index contributed by atoms with van der Waals surface area (Å²) >= 11 is 0. The number of hydrogen-bond donors (Lipinski definition) is 2. The van der Waals surface area contributed by atoms with Crippen LogP contribution in [0.2, 0.25) is 0 Å². The summed E-state index contributed by atoms with van der Waals surface area (Å²) in [6.07, 6.45) is 2.15. The fourth-order valence-corrected chi connectivity index (χ4v) is 1.79. The number of amides is 1. The van der Waals surface area contributed by atoms with Crippen LogP contribution < -0.4 is 5.32 Å². The van der Waals surface area contributed by atoms with Gasteiger partial charge in [0.15, 0.2) is 0 Å². The normalized spacial score (nSPS) is 10.3. The van der Waals surface area contributed by atoms with Crippen molar-refractivity contribution >= 4 is 11.9 Å². The van der Waals surface area contributed by atoms with E-state index in [-0.39, 0.29) is 18.9 Å². The number of aliphatic carboxylic acids is 1. The summed E-state index contributed by atoms with van der Waals surface area (Å²) in [6, 6.07) is 9.56. The molecule has 1 aromatic heterocycles. The number of rotatable bonds is 7. The van der Waals surface area contributed by atoms with Gasteiger partial charge in [0, 0.05) is 18.5 Å². The van der Waals surface area contributed by atoms with E-state index in [9.17, 15) is 9.59 Å². The molecule has 0 saturated heterocycles. The number of carboxylic acid groups (broad SMARTS) is 1. The molecular formula is C14H16N4O3. The third kappa shape index (κ3) is 4.72. The Morgan fingerprint density at radius 3 is 2.71 bits per heavy atom. The van der Waals surface area contributed by atoms with E-state index in [1.165, 1.54) is 4.68 Å². The number of hydrogen-bond acceptors (Lipinski definition) is 4. The van der Waals surface area contributed by atoms with E-state index in [1.807, 2.05) is 30.3 Å². The average Bonchev–Trinajstić information content (AvgIpc) is 2.93. The van der Waals surface area contributed by atoms with Crippen LogP contribution >= 0.6 is 0 Å². The van der Waals surface area contributed by atoms with Gasteiger partial charge in [-0.15, -0.1) is 5.10 Å². The van der Waals surface area contributed by atoms with Crippen LogP contribution in [0.1, 0.15) is 12.8 Å². The van der Waals surface area contributed by atoms with E-state index in [4.69, 9.17) is 5.11 Å². The number of nitrogens with one attached hydrogen (secondary N) is 1. The molecule has 7 heteroatoms. The lowest BCUT2D eigenvalue weighted by atomic mass is 10.2. The molecular weight excluding hydrogens is 272 g/mol. The highest BCUT2D eigenvalue weighted by Crippen LogP contribution is 2.14. The van der Waals surface area contributed by atoms with Crippen LogP contribution in [0.15, 0.2) is 36.5 Å². The van der Waals surface area contributed by atoms with Crippen LogP contribution in [0.3, 0.4) is 0 Å². The minimum atomic E-state index is -0.868. The van der Waals surface area contributed by atoms with E-state index < -0.39 is 5.97 Å². The van der Waals surface area contributed by atoms with Gasteiger partial charge in [-0.2, -0.15) is 0 Å². The number of carbonyl (C=O) groups excluding carboxylic acids is 1. The quantitative estimate of drug-likeness (QED) is 0.739. The zero-order valence-electron chi connectivity index (χ0n) is 11.4. The van der Waals surface area contributed by atoms with Crippen molar-refractivity contribution in [3.63, 3.8) is 0 Å². The molecule has 1 heterocycles. The number of benzene rings is 1. The van der Waals surface area contributed by atoms with Crippen LogP contribution in [0.5, 0.6) is 0 Å². The van der Waals surface area contributed by atoms with Crippen LogP contribution in [0.4, 0.5) is 0 Å². The molecule has 0 aliphatic rings. The molecule has 0 unspecified atom stereocenters. The van der Waals surface area contributed by atoms with Crippen LogP contribution in [0.25, 0.3) is 11.3 Å². The van der Waals surface area contributed by atoms with E-state index in [0.717, 1.165) is 5.56 Å². The average molecular weight is 288 g/mol. The summed E-state index contributed by atoms with van der Waals surface area (Å²) in [6.45, 7) is 0.401. The highest BCUT2D eigenvalue weighted by atomic mass is 16.4. The van der Waals surface area contributed by atoms with E-state index in [0.29, 0.717) is 18.7 Å². The fraction of sp³-hybridized carbons (Fsp3) is 0.286. The highest BCUT2D eigenvalue weighted by Gasteiger charge is 2.07. The molecule has 2 N–H and O–H groups in total. The predicted octanol–water partition coefficient (Wildman–Crippen LogP) is 0.926. The van der Waals surface area contributed by atoms with Crippen LogP contribution in [-0.2, 0) is 16.1 Å². The van der Waals surface area contributed by atoms with Gasteiger partial charge in [0.05, 0.1) is 6.20 Å². The second-order valence-electron chi connectivity index (χ2n) is 4.51. The van der Waals surface area contributed by atoms with Crippen LogP contribution in [-0.4, -0.2) is 38.5 Å². The van der Waals surface area contributed by atoms with Gasteiger partial charge in [-0.05, 0) is 6.42 Å². The standard InChI is InChI=1S/C14H16N4O3/c19-13(15-8-4-7-14(20)21)10-18-9-12(16-17-18)11-5-2-1-3-6-11/h1-3,5-6,9H,4,7-8,10H2,(H,15,19)(H,20,21). The van der Waals surface area contributed by atoms with Crippen molar-refractivity contribution in [1.82, 2.24) is 20.3 Å². The molecule has 0 saturated carbocycles. The van der Waals surface area contributed by atoms with Gasteiger partial charge in [0.1, 0.15) is 12.2 Å². The van der Waals surface area contributed by atoms with Gasteiger partial charge in [0.2, 0.25) is 5.91 Å². The Labute approximate surface area is 121 Å². The van der Waals surface area contributed by atoms with Crippen LogP contribution in [0, 0.1) is 0 Å². The van der Waals surface area contributed by atoms with Crippen molar-refractivity contribution in [2.45, 2.75) is 19.4 Å². The first-order valence-electron chi connectivity index (χ1n) is 6.59. The number of nitrogens with zero attached hydrogens (tertiary/aromatic N) is 3. The SMILES string of the molecule is O=C(O)CCCNC(=O)Cn1cc(-c2ccccc2)nn1. The topological polar surface area (TPSA) is 97.1 Å². The van der Waals surface area contributed by atoms with Gasteiger partial charge in [-0.1, -0.05) is 35.5 Å². The third-order valence-electron chi connectivity index (χ3n) is 2.80. The molecule has 0 aliphatic heterocycles. The predicted molar refractivity (Wildman–Crippen MR) is 75.3 cm³/mol. The molecule has 0 atom stereocenters. The summed E-state index contributed by atoms with van der Waals surface area (Å²) in [5.41, 5.74) is 1.64. The first kappa shape index (κ1) is 14.7. The molecule has 1 aromatic carbocycles. The maximum absolute atomic E-state index is 11.7. The van der Waals surface area contributed by atoms with Gasteiger partial charge in [-0.3, -0.25) is 9.59 Å². The minimum Gasteiger partial charge on any atom is -0.481 e. The molecule has 1 amide bonds. The maximum atomic E-state index is 11.7. The summed E-state index contributed by atoms with van der Waals surface area (Å²) in [7, 11) is 0.